The average Bonchev–Trinajstić information content (AvgIpc) is 3.42. The van der Waals surface area contributed by atoms with E-state index in [0.29, 0.717) is 5.92 Å². The fourth-order valence-electron chi connectivity index (χ4n) is 3.42. The maximum atomic E-state index is 12.0. The van der Waals surface area contributed by atoms with E-state index in [1.165, 1.54) is 24.0 Å². The Morgan fingerprint density at radius 2 is 1.92 bits per heavy atom. The van der Waals surface area contributed by atoms with E-state index in [4.69, 9.17) is 5.73 Å². The molecule has 5 nitrogen and oxygen atoms in total. The number of piperidine rings is 1. The summed E-state index contributed by atoms with van der Waals surface area (Å²) >= 11 is 0. The third-order valence-electron chi connectivity index (χ3n) is 5.12. The van der Waals surface area contributed by atoms with Gasteiger partial charge in [0.2, 0.25) is 11.8 Å². The summed E-state index contributed by atoms with van der Waals surface area (Å²) < 4.78 is 0. The summed E-state index contributed by atoms with van der Waals surface area (Å²) in [5, 5.41) is 2.92. The molecule has 2 fully saturated rings. The largest absolute Gasteiger partial charge is 0.369 e. The first kappa shape index (κ1) is 17.7. The number of nitrogens with two attached hydrogens (primary N) is 1. The summed E-state index contributed by atoms with van der Waals surface area (Å²) in [5.41, 5.74) is 8.59. The molecule has 2 aliphatic rings. The molecule has 0 aromatic heterocycles. The quantitative estimate of drug-likeness (QED) is 0.781. The van der Waals surface area contributed by atoms with Gasteiger partial charge in [0.25, 0.3) is 0 Å². The minimum atomic E-state index is -0.197. The number of hydrogen-bond acceptors (Lipinski definition) is 3. The fraction of sp³-hybridized carbons (Fsp3) is 0.500. The van der Waals surface area contributed by atoms with Crippen LogP contribution in [0.1, 0.15) is 38.2 Å². The Bertz CT molecular complexity index is 662. The number of benzene rings is 1. The number of hydrogen-bond donors (Lipinski definition) is 2. The van der Waals surface area contributed by atoms with E-state index >= 15 is 0 Å². The molecule has 5 heteroatoms. The summed E-state index contributed by atoms with van der Waals surface area (Å²) in [4.78, 5) is 25.7. The summed E-state index contributed by atoms with van der Waals surface area (Å²) in [6.07, 6.45) is 6.02. The van der Waals surface area contributed by atoms with Gasteiger partial charge in [0.05, 0.1) is 5.92 Å². The monoisotopic (exact) mass is 341 g/mol. The van der Waals surface area contributed by atoms with Gasteiger partial charge in [-0.25, -0.2) is 0 Å². The number of likely N-dealkylation sites (tertiary alicyclic amines) is 1. The maximum Gasteiger partial charge on any atom is 0.248 e. The predicted molar refractivity (Wildman–Crippen MR) is 98.7 cm³/mol. The zero-order valence-corrected chi connectivity index (χ0v) is 14.8. The zero-order valence-electron chi connectivity index (χ0n) is 14.8. The summed E-state index contributed by atoms with van der Waals surface area (Å²) in [6.45, 7) is 4.56. The molecule has 0 spiro atoms. The molecule has 1 aliphatic heterocycles. The van der Waals surface area contributed by atoms with E-state index in [1.54, 1.807) is 6.08 Å². The SMILES string of the molecule is C/C(=C/C(=O)Nc1ccc(CN2CCC[C@H](C(N)=O)C2)cc1)C1CC1. The molecule has 1 atom stereocenters. The Morgan fingerprint density at radius 3 is 2.56 bits per heavy atom. The molecule has 1 aromatic carbocycles. The second-order valence-electron chi connectivity index (χ2n) is 7.33. The Balaban J connectivity index is 1.52. The molecule has 1 aromatic rings. The highest BCUT2D eigenvalue weighted by atomic mass is 16.1. The van der Waals surface area contributed by atoms with Crippen LogP contribution in [-0.4, -0.2) is 29.8 Å². The van der Waals surface area contributed by atoms with Crippen molar-refractivity contribution in [3.05, 3.63) is 41.5 Å². The molecule has 2 amide bonds. The highest BCUT2D eigenvalue weighted by Gasteiger charge is 2.24. The van der Waals surface area contributed by atoms with E-state index < -0.39 is 0 Å². The number of allylic oxidation sites excluding steroid dienone is 1. The molecule has 1 aliphatic carbocycles. The highest BCUT2D eigenvalue weighted by molar-refractivity contribution is 5.99. The van der Waals surface area contributed by atoms with Crippen LogP contribution in [-0.2, 0) is 16.1 Å². The van der Waals surface area contributed by atoms with Crippen LogP contribution in [0, 0.1) is 11.8 Å². The van der Waals surface area contributed by atoms with Crippen LogP contribution in [0.4, 0.5) is 5.69 Å². The molecule has 0 unspecified atom stereocenters. The van der Waals surface area contributed by atoms with Crippen molar-refractivity contribution in [2.24, 2.45) is 17.6 Å². The molecule has 25 heavy (non-hydrogen) atoms. The van der Waals surface area contributed by atoms with Gasteiger partial charge in [-0.2, -0.15) is 0 Å². The molecule has 134 valence electrons. The lowest BCUT2D eigenvalue weighted by atomic mass is 9.97. The lowest BCUT2D eigenvalue weighted by Gasteiger charge is -2.31. The highest BCUT2D eigenvalue weighted by Crippen LogP contribution is 2.35. The number of carbonyl (C=O) groups excluding carboxylic acids is 2. The Hall–Kier alpha value is -2.14. The number of primary amides is 1. The first-order chi connectivity index (χ1) is 12.0. The number of carbonyl (C=O) groups is 2. The van der Waals surface area contributed by atoms with Crippen LogP contribution in [0.2, 0.25) is 0 Å². The summed E-state index contributed by atoms with van der Waals surface area (Å²) in [7, 11) is 0. The molecule has 1 saturated heterocycles. The van der Waals surface area contributed by atoms with Gasteiger partial charge in [0.1, 0.15) is 0 Å². The van der Waals surface area contributed by atoms with Crippen molar-refractivity contribution < 1.29 is 9.59 Å². The van der Waals surface area contributed by atoms with E-state index in [2.05, 4.69) is 10.2 Å². The lowest BCUT2D eigenvalue weighted by molar-refractivity contribution is -0.123. The van der Waals surface area contributed by atoms with Gasteiger partial charge in [-0.05, 0) is 62.8 Å². The molecular formula is C20H27N3O2. The number of nitrogens with zero attached hydrogens (tertiary/aromatic N) is 1. The Kier molecular flexibility index (Phi) is 5.53. The second-order valence-corrected chi connectivity index (χ2v) is 7.33. The first-order valence-corrected chi connectivity index (χ1v) is 9.11. The van der Waals surface area contributed by atoms with Crippen molar-refractivity contribution in [3.63, 3.8) is 0 Å². The number of amides is 2. The van der Waals surface area contributed by atoms with Gasteiger partial charge >= 0.3 is 0 Å². The molecule has 0 bridgehead atoms. The molecule has 1 heterocycles. The smallest absolute Gasteiger partial charge is 0.248 e. The van der Waals surface area contributed by atoms with Crippen LogP contribution in [0.5, 0.6) is 0 Å². The van der Waals surface area contributed by atoms with Gasteiger partial charge in [-0.15, -0.1) is 0 Å². The van der Waals surface area contributed by atoms with E-state index in [0.717, 1.165) is 38.2 Å². The maximum absolute atomic E-state index is 12.0. The van der Waals surface area contributed by atoms with Crippen molar-refractivity contribution in [1.29, 1.82) is 0 Å². The molecule has 0 radical (unpaired) electrons. The second kappa shape index (κ2) is 7.83. The van der Waals surface area contributed by atoms with Crippen LogP contribution in [0.25, 0.3) is 0 Å². The van der Waals surface area contributed by atoms with Gasteiger partial charge < -0.3 is 11.1 Å². The van der Waals surface area contributed by atoms with Crippen molar-refractivity contribution in [2.75, 3.05) is 18.4 Å². The van der Waals surface area contributed by atoms with Crippen molar-refractivity contribution in [1.82, 2.24) is 4.90 Å². The molecular weight excluding hydrogens is 314 g/mol. The van der Waals surface area contributed by atoms with Crippen LogP contribution >= 0.6 is 0 Å². The van der Waals surface area contributed by atoms with Gasteiger partial charge in [-0.3, -0.25) is 14.5 Å². The van der Waals surface area contributed by atoms with Crippen LogP contribution in [0.15, 0.2) is 35.9 Å². The first-order valence-electron chi connectivity index (χ1n) is 9.11. The fourth-order valence-corrected chi connectivity index (χ4v) is 3.42. The minimum Gasteiger partial charge on any atom is -0.369 e. The van der Waals surface area contributed by atoms with Crippen molar-refractivity contribution >= 4 is 17.5 Å². The normalized spacial score (nSPS) is 21.8. The minimum absolute atomic E-state index is 0.0335. The van der Waals surface area contributed by atoms with Gasteiger partial charge in [0, 0.05) is 24.9 Å². The summed E-state index contributed by atoms with van der Waals surface area (Å²) in [5.74, 6) is 0.325. The molecule has 1 saturated carbocycles. The lowest BCUT2D eigenvalue weighted by Crippen LogP contribution is -2.40. The molecule has 3 rings (SSSR count). The molecule has 3 N–H and O–H groups in total. The van der Waals surface area contributed by atoms with E-state index in [-0.39, 0.29) is 17.7 Å². The van der Waals surface area contributed by atoms with Crippen LogP contribution in [0.3, 0.4) is 0 Å². The topological polar surface area (TPSA) is 75.4 Å². The average molecular weight is 341 g/mol. The number of nitrogens with one attached hydrogen (secondary N) is 1. The van der Waals surface area contributed by atoms with Crippen molar-refractivity contribution in [2.45, 2.75) is 39.2 Å². The standard InChI is InChI=1S/C20H27N3O2/c1-14(16-6-7-16)11-19(24)22-18-8-4-15(5-9-18)12-23-10-2-3-17(13-23)20(21)25/h4-5,8-9,11,16-17H,2-3,6-7,10,12-13H2,1H3,(H2,21,25)(H,22,24)/b14-11-/t17-/m0/s1. The number of rotatable bonds is 6. The van der Waals surface area contributed by atoms with E-state index in [9.17, 15) is 9.59 Å². The third kappa shape index (κ3) is 5.16. The van der Waals surface area contributed by atoms with E-state index in [1.807, 2.05) is 31.2 Å². The summed E-state index contributed by atoms with van der Waals surface area (Å²) in [6, 6.07) is 7.92. The Labute approximate surface area is 149 Å². The number of anilines is 1. The zero-order chi connectivity index (χ0) is 17.8. The van der Waals surface area contributed by atoms with Crippen molar-refractivity contribution in [3.8, 4) is 0 Å². The predicted octanol–water partition coefficient (Wildman–Crippen LogP) is 2.68. The third-order valence-corrected chi connectivity index (χ3v) is 5.12. The Morgan fingerprint density at radius 1 is 1.20 bits per heavy atom. The van der Waals surface area contributed by atoms with Gasteiger partial charge in [0.15, 0.2) is 0 Å². The van der Waals surface area contributed by atoms with Gasteiger partial charge in [-0.1, -0.05) is 17.7 Å². The van der Waals surface area contributed by atoms with Crippen LogP contribution < -0.4 is 11.1 Å².